The van der Waals surface area contributed by atoms with Gasteiger partial charge in [0.25, 0.3) is 0 Å². The molecule has 0 fully saturated rings. The molecule has 1 aliphatic rings. The molecule has 0 saturated heterocycles. The Bertz CT molecular complexity index is 740. The molecule has 0 aliphatic carbocycles. The average molecular weight is 368 g/mol. The largest absolute Gasteiger partial charge is 0.463 e. The van der Waals surface area contributed by atoms with Gasteiger partial charge >= 0.3 is 11.9 Å². The van der Waals surface area contributed by atoms with Gasteiger partial charge in [-0.3, -0.25) is 9.59 Å². The molecule has 1 aromatic rings. The maximum absolute atomic E-state index is 12.6. The van der Waals surface area contributed by atoms with Crippen molar-refractivity contribution in [2.24, 2.45) is 0 Å². The maximum Gasteiger partial charge on any atom is 0.303 e. The number of ether oxygens (including phenoxy) is 3. The lowest BCUT2D eigenvalue weighted by Gasteiger charge is -2.31. The van der Waals surface area contributed by atoms with Gasteiger partial charge in [0, 0.05) is 13.8 Å². The molecule has 0 amide bonds. The fourth-order valence-electron chi connectivity index (χ4n) is 2.35. The van der Waals surface area contributed by atoms with E-state index in [9.17, 15) is 18.0 Å². The van der Waals surface area contributed by atoms with Crippen LogP contribution in [0.4, 0.5) is 0 Å². The third kappa shape index (κ3) is 5.68. The van der Waals surface area contributed by atoms with Gasteiger partial charge in [-0.2, -0.15) is 0 Å². The summed E-state index contributed by atoms with van der Waals surface area (Å²) in [6.07, 6.45) is 1.08. The van der Waals surface area contributed by atoms with Crippen LogP contribution in [0.25, 0.3) is 0 Å². The molecule has 0 radical (unpaired) electrons. The Morgan fingerprint density at radius 3 is 2.36 bits per heavy atom. The van der Waals surface area contributed by atoms with Crippen molar-refractivity contribution in [1.29, 1.82) is 0 Å². The highest BCUT2D eigenvalue weighted by molar-refractivity contribution is 7.91. The molecule has 7 nitrogen and oxygen atoms in total. The second-order valence-corrected chi connectivity index (χ2v) is 7.68. The van der Waals surface area contributed by atoms with E-state index in [1.165, 1.54) is 26.0 Å². The van der Waals surface area contributed by atoms with Crippen LogP contribution in [0.15, 0.2) is 42.5 Å². The monoisotopic (exact) mass is 368 g/mol. The molecule has 2 rings (SSSR count). The van der Waals surface area contributed by atoms with E-state index in [-0.39, 0.29) is 12.4 Å². The van der Waals surface area contributed by atoms with Gasteiger partial charge in [0.1, 0.15) is 18.8 Å². The van der Waals surface area contributed by atoms with Crippen LogP contribution in [-0.4, -0.2) is 44.6 Å². The number of benzene rings is 1. The van der Waals surface area contributed by atoms with Crippen molar-refractivity contribution in [3.63, 3.8) is 0 Å². The number of sulfone groups is 1. The van der Waals surface area contributed by atoms with Crippen molar-refractivity contribution < 1.29 is 32.2 Å². The Labute approximate surface area is 146 Å². The van der Waals surface area contributed by atoms with E-state index in [1.807, 2.05) is 0 Å². The number of carbonyl (C=O) groups is 2. The van der Waals surface area contributed by atoms with Crippen LogP contribution in [0, 0.1) is 0 Å². The van der Waals surface area contributed by atoms with E-state index >= 15 is 0 Å². The molecule has 136 valence electrons. The lowest BCUT2D eigenvalue weighted by molar-refractivity contribution is -0.160. The summed E-state index contributed by atoms with van der Waals surface area (Å²) in [4.78, 5) is 22.2. The second-order valence-electron chi connectivity index (χ2n) is 5.60. The number of esters is 2. The van der Waals surface area contributed by atoms with Crippen molar-refractivity contribution in [3.8, 4) is 0 Å². The summed E-state index contributed by atoms with van der Waals surface area (Å²) in [5, 5.41) is 0. The Balaban J connectivity index is 2.15. The van der Waals surface area contributed by atoms with Gasteiger partial charge in [-0.15, -0.1) is 0 Å². The lowest BCUT2D eigenvalue weighted by Crippen LogP contribution is -2.43. The van der Waals surface area contributed by atoms with E-state index in [1.54, 1.807) is 30.3 Å². The molecule has 0 spiro atoms. The van der Waals surface area contributed by atoms with Gasteiger partial charge in [-0.1, -0.05) is 30.3 Å². The minimum atomic E-state index is -3.65. The van der Waals surface area contributed by atoms with E-state index < -0.39 is 39.4 Å². The predicted molar refractivity (Wildman–Crippen MR) is 89.1 cm³/mol. The Kier molecular flexibility index (Phi) is 6.33. The zero-order chi connectivity index (χ0) is 18.4. The number of carbonyl (C=O) groups excluding carboxylic acids is 2. The summed E-state index contributed by atoms with van der Waals surface area (Å²) in [6, 6.07) is 8.72. The molecule has 0 saturated carbocycles. The average Bonchev–Trinajstić information content (AvgIpc) is 2.53. The molecule has 1 heterocycles. The summed E-state index contributed by atoms with van der Waals surface area (Å²) in [5.41, 5.74) is -0.571. The maximum atomic E-state index is 12.6. The fourth-order valence-corrected chi connectivity index (χ4v) is 3.82. The van der Waals surface area contributed by atoms with Gasteiger partial charge in [0.2, 0.25) is 0 Å². The first-order valence-electron chi connectivity index (χ1n) is 7.68. The molecule has 0 unspecified atom stereocenters. The van der Waals surface area contributed by atoms with E-state index in [2.05, 4.69) is 0 Å². The first-order chi connectivity index (χ1) is 11.8. The van der Waals surface area contributed by atoms with Crippen LogP contribution >= 0.6 is 0 Å². The summed E-state index contributed by atoms with van der Waals surface area (Å²) >= 11 is 0. The summed E-state index contributed by atoms with van der Waals surface area (Å²) in [6.45, 7) is 2.24. The van der Waals surface area contributed by atoms with Crippen LogP contribution in [0.1, 0.15) is 19.4 Å². The smallest absolute Gasteiger partial charge is 0.303 e. The highest BCUT2D eigenvalue weighted by atomic mass is 32.2. The van der Waals surface area contributed by atoms with E-state index in [0.717, 1.165) is 0 Å². The van der Waals surface area contributed by atoms with Gasteiger partial charge in [0.15, 0.2) is 15.3 Å². The van der Waals surface area contributed by atoms with Gasteiger partial charge in [-0.25, -0.2) is 8.42 Å². The summed E-state index contributed by atoms with van der Waals surface area (Å²) in [7, 11) is -3.65. The lowest BCUT2D eigenvalue weighted by atomic mass is 10.1. The minimum absolute atomic E-state index is 0.193. The zero-order valence-corrected chi connectivity index (χ0v) is 14.8. The first-order valence-corrected chi connectivity index (χ1v) is 9.39. The Morgan fingerprint density at radius 2 is 1.76 bits per heavy atom. The zero-order valence-electron chi connectivity index (χ0n) is 14.0. The highest BCUT2D eigenvalue weighted by Gasteiger charge is 2.36. The van der Waals surface area contributed by atoms with Gasteiger partial charge in [-0.05, 0) is 17.7 Å². The summed E-state index contributed by atoms with van der Waals surface area (Å²) < 4.78 is 40.7. The molecule has 0 bridgehead atoms. The van der Waals surface area contributed by atoms with Crippen LogP contribution in [0.2, 0.25) is 0 Å². The summed E-state index contributed by atoms with van der Waals surface area (Å²) in [5.74, 6) is -1.28. The molecular formula is C17H20O7S. The molecule has 8 heteroatoms. The molecule has 25 heavy (non-hydrogen) atoms. The molecule has 0 aromatic heterocycles. The highest BCUT2D eigenvalue weighted by Crippen LogP contribution is 2.23. The van der Waals surface area contributed by atoms with Crippen LogP contribution in [0.3, 0.4) is 0 Å². The third-order valence-electron chi connectivity index (χ3n) is 3.45. The van der Waals surface area contributed by atoms with Gasteiger partial charge < -0.3 is 14.2 Å². The van der Waals surface area contributed by atoms with Crippen molar-refractivity contribution >= 4 is 21.8 Å². The molecule has 1 aliphatic heterocycles. The van der Waals surface area contributed by atoms with Crippen LogP contribution < -0.4 is 0 Å². The second kappa shape index (κ2) is 8.26. The standard InChI is InChI=1S/C17H20O7S/c1-12(18)22-10-16-15(23-13(2)19)8-9-17(24-16)25(20,21)11-14-6-4-3-5-7-14/h3-9,15-17H,10-11H2,1-2H3/t15-,16+,17+/m0/s1. The van der Waals surface area contributed by atoms with Crippen LogP contribution in [0.5, 0.6) is 0 Å². The van der Waals surface area contributed by atoms with Gasteiger partial charge in [0.05, 0.1) is 5.75 Å². The topological polar surface area (TPSA) is 96.0 Å². The van der Waals surface area contributed by atoms with Crippen molar-refractivity contribution in [3.05, 3.63) is 48.0 Å². The Hall–Kier alpha value is -2.19. The fraction of sp³-hybridized carbons (Fsp3) is 0.412. The normalized spacial score (nSPS) is 23.0. The van der Waals surface area contributed by atoms with Crippen LogP contribution in [-0.2, 0) is 39.4 Å². The van der Waals surface area contributed by atoms with E-state index in [0.29, 0.717) is 5.56 Å². The van der Waals surface area contributed by atoms with Crippen molar-refractivity contribution in [1.82, 2.24) is 0 Å². The SMILES string of the molecule is CC(=O)OC[C@H]1O[C@H](S(=O)(=O)Cc2ccccc2)C=C[C@@H]1OC(C)=O. The molecule has 1 aromatic carbocycles. The van der Waals surface area contributed by atoms with E-state index in [4.69, 9.17) is 14.2 Å². The number of hydrogen-bond donors (Lipinski definition) is 0. The third-order valence-corrected chi connectivity index (χ3v) is 5.16. The predicted octanol–water partition coefficient (Wildman–Crippen LogP) is 1.38. The molecular weight excluding hydrogens is 348 g/mol. The minimum Gasteiger partial charge on any atom is -0.463 e. The number of rotatable bonds is 6. The Morgan fingerprint density at radius 1 is 1.08 bits per heavy atom. The molecule has 3 atom stereocenters. The quantitative estimate of drug-likeness (QED) is 0.553. The molecule has 0 N–H and O–H groups in total. The number of hydrogen-bond acceptors (Lipinski definition) is 7. The van der Waals surface area contributed by atoms with Crippen molar-refractivity contribution in [2.45, 2.75) is 37.2 Å². The first kappa shape index (κ1) is 19.1. The van der Waals surface area contributed by atoms with Crippen molar-refractivity contribution in [2.75, 3.05) is 6.61 Å².